The lowest BCUT2D eigenvalue weighted by Gasteiger charge is -2.34. The lowest BCUT2D eigenvalue weighted by atomic mass is 10.2. The van der Waals surface area contributed by atoms with E-state index in [9.17, 15) is 4.79 Å². The number of anilines is 1. The van der Waals surface area contributed by atoms with E-state index in [1.54, 1.807) is 0 Å². The first-order valence-corrected chi connectivity index (χ1v) is 8.94. The number of rotatable bonds is 5. The van der Waals surface area contributed by atoms with E-state index >= 15 is 0 Å². The van der Waals surface area contributed by atoms with Gasteiger partial charge in [-0.3, -0.25) is 4.90 Å². The summed E-state index contributed by atoms with van der Waals surface area (Å²) in [5.74, 6) is 0. The molecule has 0 atom stereocenters. The van der Waals surface area contributed by atoms with Crippen molar-refractivity contribution in [3.8, 4) is 0 Å². The van der Waals surface area contributed by atoms with Gasteiger partial charge in [0, 0.05) is 30.7 Å². The van der Waals surface area contributed by atoms with Crippen molar-refractivity contribution in [2.24, 2.45) is 0 Å². The minimum absolute atomic E-state index is 0.0116. The summed E-state index contributed by atoms with van der Waals surface area (Å²) in [7, 11) is 4.21. The second-order valence-corrected chi connectivity index (χ2v) is 7.25. The van der Waals surface area contributed by atoms with Crippen LogP contribution in [0.15, 0.2) is 22.7 Å². The smallest absolute Gasteiger partial charge is 0.321 e. The molecule has 0 saturated carbocycles. The number of aryl methyl sites for hydroxylation is 1. The van der Waals surface area contributed by atoms with Gasteiger partial charge >= 0.3 is 6.03 Å². The average Bonchev–Trinajstić information content (AvgIpc) is 2.50. The van der Waals surface area contributed by atoms with Gasteiger partial charge in [-0.2, -0.15) is 0 Å². The SMILES string of the molecule is Cc1ccc(NC(=O)N2CCN(CCCN(C)C)CC2)c(Br)c1. The highest BCUT2D eigenvalue weighted by Crippen LogP contribution is 2.23. The molecule has 2 rings (SSSR count). The van der Waals surface area contributed by atoms with Gasteiger partial charge in [-0.05, 0) is 74.2 Å². The van der Waals surface area contributed by atoms with E-state index in [4.69, 9.17) is 0 Å². The Morgan fingerprint density at radius 2 is 1.96 bits per heavy atom. The zero-order valence-electron chi connectivity index (χ0n) is 14.3. The van der Waals surface area contributed by atoms with Crippen molar-refractivity contribution < 1.29 is 4.79 Å². The molecule has 128 valence electrons. The lowest BCUT2D eigenvalue weighted by molar-refractivity contribution is 0.144. The van der Waals surface area contributed by atoms with Crippen molar-refractivity contribution in [2.75, 3.05) is 58.7 Å². The van der Waals surface area contributed by atoms with Crippen molar-refractivity contribution in [3.05, 3.63) is 28.2 Å². The highest BCUT2D eigenvalue weighted by molar-refractivity contribution is 9.10. The average molecular weight is 383 g/mol. The molecule has 1 saturated heterocycles. The van der Waals surface area contributed by atoms with Crippen molar-refractivity contribution >= 4 is 27.6 Å². The van der Waals surface area contributed by atoms with Crippen LogP contribution in [0.5, 0.6) is 0 Å². The van der Waals surface area contributed by atoms with Gasteiger partial charge in [-0.15, -0.1) is 0 Å². The second kappa shape index (κ2) is 8.66. The Bertz CT molecular complexity index is 527. The number of piperazine rings is 1. The minimum atomic E-state index is -0.0116. The molecule has 1 aliphatic rings. The molecule has 1 aromatic carbocycles. The maximum Gasteiger partial charge on any atom is 0.321 e. The number of amides is 2. The summed E-state index contributed by atoms with van der Waals surface area (Å²) in [6, 6.07) is 5.94. The van der Waals surface area contributed by atoms with Crippen LogP contribution in [0.1, 0.15) is 12.0 Å². The highest BCUT2D eigenvalue weighted by atomic mass is 79.9. The third-order valence-corrected chi connectivity index (χ3v) is 4.76. The number of benzene rings is 1. The van der Waals surface area contributed by atoms with Crippen LogP contribution in [0.2, 0.25) is 0 Å². The van der Waals surface area contributed by atoms with Crippen molar-refractivity contribution in [1.29, 1.82) is 0 Å². The van der Waals surface area contributed by atoms with E-state index in [0.717, 1.165) is 49.4 Å². The Morgan fingerprint density at radius 1 is 1.26 bits per heavy atom. The van der Waals surface area contributed by atoms with E-state index in [-0.39, 0.29) is 6.03 Å². The number of hydrogen-bond acceptors (Lipinski definition) is 3. The molecule has 23 heavy (non-hydrogen) atoms. The van der Waals surface area contributed by atoms with Crippen molar-refractivity contribution in [1.82, 2.24) is 14.7 Å². The maximum absolute atomic E-state index is 12.4. The van der Waals surface area contributed by atoms with Crippen LogP contribution in [0.25, 0.3) is 0 Å². The molecule has 0 unspecified atom stereocenters. The van der Waals surface area contributed by atoms with Gasteiger partial charge in [0.05, 0.1) is 5.69 Å². The quantitative estimate of drug-likeness (QED) is 0.850. The molecule has 1 N–H and O–H groups in total. The normalized spacial score (nSPS) is 16.0. The molecule has 0 radical (unpaired) electrons. The van der Waals surface area contributed by atoms with Crippen LogP contribution >= 0.6 is 15.9 Å². The van der Waals surface area contributed by atoms with E-state index in [2.05, 4.69) is 45.1 Å². The monoisotopic (exact) mass is 382 g/mol. The van der Waals surface area contributed by atoms with Crippen LogP contribution in [-0.4, -0.2) is 74.1 Å². The fourth-order valence-electron chi connectivity index (χ4n) is 2.70. The van der Waals surface area contributed by atoms with Gasteiger partial charge in [0.2, 0.25) is 0 Å². The molecule has 1 heterocycles. The fourth-order valence-corrected chi connectivity index (χ4v) is 3.29. The Labute approximate surface area is 147 Å². The molecular weight excluding hydrogens is 356 g/mol. The third kappa shape index (κ3) is 5.79. The standard InChI is InChI=1S/C17H27BrN4O/c1-14-5-6-16(15(18)13-14)19-17(23)22-11-9-21(10-12-22)8-4-7-20(2)3/h5-6,13H,4,7-12H2,1-3H3,(H,19,23). The van der Waals surface area contributed by atoms with E-state index in [1.807, 2.05) is 30.0 Å². The Morgan fingerprint density at radius 3 is 2.57 bits per heavy atom. The number of nitrogens with one attached hydrogen (secondary N) is 1. The maximum atomic E-state index is 12.4. The van der Waals surface area contributed by atoms with Gasteiger partial charge in [0.25, 0.3) is 0 Å². The van der Waals surface area contributed by atoms with E-state index in [1.165, 1.54) is 12.0 Å². The first kappa shape index (κ1) is 18.2. The summed E-state index contributed by atoms with van der Waals surface area (Å²) >= 11 is 3.50. The first-order valence-electron chi connectivity index (χ1n) is 8.15. The lowest BCUT2D eigenvalue weighted by Crippen LogP contribution is -2.50. The predicted octanol–water partition coefficient (Wildman–Crippen LogP) is 2.86. The van der Waals surface area contributed by atoms with E-state index in [0.29, 0.717) is 0 Å². The number of carbonyl (C=O) groups excluding carboxylic acids is 1. The number of hydrogen-bond donors (Lipinski definition) is 1. The summed E-state index contributed by atoms with van der Waals surface area (Å²) in [4.78, 5) is 18.9. The molecule has 1 fully saturated rings. The number of urea groups is 1. The number of carbonyl (C=O) groups is 1. The summed E-state index contributed by atoms with van der Waals surface area (Å²) in [6.45, 7) is 7.74. The van der Waals surface area contributed by atoms with Gasteiger partial charge < -0.3 is 15.1 Å². The van der Waals surface area contributed by atoms with Crippen molar-refractivity contribution in [2.45, 2.75) is 13.3 Å². The zero-order valence-corrected chi connectivity index (χ0v) is 15.9. The van der Waals surface area contributed by atoms with Crippen LogP contribution in [-0.2, 0) is 0 Å². The van der Waals surface area contributed by atoms with Gasteiger partial charge in [-0.1, -0.05) is 6.07 Å². The molecule has 0 aliphatic carbocycles. The summed E-state index contributed by atoms with van der Waals surface area (Å²) in [5.41, 5.74) is 2.00. The van der Waals surface area contributed by atoms with Crippen LogP contribution in [0.4, 0.5) is 10.5 Å². The fraction of sp³-hybridized carbons (Fsp3) is 0.588. The molecule has 0 bridgehead atoms. The third-order valence-electron chi connectivity index (χ3n) is 4.11. The molecule has 1 aliphatic heterocycles. The molecular formula is C17H27BrN4O. The molecule has 1 aromatic rings. The summed E-state index contributed by atoms with van der Waals surface area (Å²) in [6.07, 6.45) is 1.18. The Hall–Kier alpha value is -1.11. The van der Waals surface area contributed by atoms with Gasteiger partial charge in [0.1, 0.15) is 0 Å². The van der Waals surface area contributed by atoms with Crippen LogP contribution in [0, 0.1) is 6.92 Å². The minimum Gasteiger partial charge on any atom is -0.322 e. The van der Waals surface area contributed by atoms with Gasteiger partial charge in [-0.25, -0.2) is 4.79 Å². The number of nitrogens with zero attached hydrogens (tertiary/aromatic N) is 3. The van der Waals surface area contributed by atoms with Crippen LogP contribution in [0.3, 0.4) is 0 Å². The number of halogens is 1. The second-order valence-electron chi connectivity index (χ2n) is 6.40. The zero-order chi connectivity index (χ0) is 16.8. The predicted molar refractivity (Wildman–Crippen MR) is 99.1 cm³/mol. The topological polar surface area (TPSA) is 38.8 Å². The molecule has 0 spiro atoms. The van der Waals surface area contributed by atoms with E-state index < -0.39 is 0 Å². The largest absolute Gasteiger partial charge is 0.322 e. The summed E-state index contributed by atoms with van der Waals surface area (Å²) in [5, 5.41) is 2.99. The molecule has 0 aromatic heterocycles. The molecule has 5 nitrogen and oxygen atoms in total. The summed E-state index contributed by atoms with van der Waals surface area (Å²) < 4.78 is 0.924. The Kier molecular flexibility index (Phi) is 6.87. The molecule has 6 heteroatoms. The van der Waals surface area contributed by atoms with Crippen LogP contribution < -0.4 is 5.32 Å². The highest BCUT2D eigenvalue weighted by Gasteiger charge is 2.21. The van der Waals surface area contributed by atoms with Crippen molar-refractivity contribution in [3.63, 3.8) is 0 Å². The Balaban J connectivity index is 1.77. The molecule has 2 amide bonds. The van der Waals surface area contributed by atoms with Gasteiger partial charge in [0.15, 0.2) is 0 Å². The first-order chi connectivity index (χ1) is 11.0.